The van der Waals surface area contributed by atoms with Crippen molar-refractivity contribution in [3.8, 4) is 11.5 Å². The Balaban J connectivity index is 1.96. The van der Waals surface area contributed by atoms with Crippen LogP contribution in [0.2, 0.25) is 5.02 Å². The van der Waals surface area contributed by atoms with E-state index in [0.717, 1.165) is 18.4 Å². The molecule has 0 unspecified atom stereocenters. The minimum atomic E-state index is -3.59. The number of methoxy groups -OCH3 is 2. The van der Waals surface area contributed by atoms with Crippen molar-refractivity contribution >= 4 is 21.6 Å². The number of nitrogens with zero attached hydrogens (tertiary/aromatic N) is 1. The van der Waals surface area contributed by atoms with Gasteiger partial charge in [-0.25, -0.2) is 8.42 Å². The van der Waals surface area contributed by atoms with Crippen LogP contribution >= 0.6 is 11.6 Å². The zero-order chi connectivity index (χ0) is 18.0. The van der Waals surface area contributed by atoms with E-state index in [1.807, 2.05) is 12.1 Å². The Labute approximate surface area is 153 Å². The van der Waals surface area contributed by atoms with Crippen LogP contribution in [0.1, 0.15) is 24.4 Å². The lowest BCUT2D eigenvalue weighted by molar-refractivity contribution is 0.351. The Morgan fingerprint density at radius 3 is 2.36 bits per heavy atom. The smallest absolute Gasteiger partial charge is 0.243 e. The topological polar surface area (TPSA) is 55.8 Å². The lowest BCUT2D eigenvalue weighted by atomic mass is 10.0. The summed E-state index contributed by atoms with van der Waals surface area (Å²) in [5, 5.41) is 0.511. The molecule has 0 aromatic heterocycles. The molecule has 2 aromatic rings. The van der Waals surface area contributed by atoms with Crippen molar-refractivity contribution in [2.45, 2.75) is 23.8 Å². The highest BCUT2D eigenvalue weighted by Gasteiger charge is 2.36. The monoisotopic (exact) mass is 381 g/mol. The Hall–Kier alpha value is -1.76. The molecule has 1 heterocycles. The summed E-state index contributed by atoms with van der Waals surface area (Å²) in [7, 11) is -0.444. The first-order chi connectivity index (χ1) is 12.0. The second kappa shape index (κ2) is 7.23. The largest absolute Gasteiger partial charge is 0.493 e. The van der Waals surface area contributed by atoms with E-state index in [2.05, 4.69) is 0 Å². The van der Waals surface area contributed by atoms with E-state index < -0.39 is 10.0 Å². The van der Waals surface area contributed by atoms with Gasteiger partial charge in [-0.2, -0.15) is 4.31 Å². The molecule has 1 atom stereocenters. The molecule has 1 saturated heterocycles. The summed E-state index contributed by atoms with van der Waals surface area (Å²) >= 11 is 5.87. The SMILES string of the molecule is COc1ccc([C@@H]2CCCN2S(=O)(=O)c2ccc(Cl)cc2)cc1OC. The fourth-order valence-electron chi connectivity index (χ4n) is 3.16. The molecule has 1 aliphatic heterocycles. The van der Waals surface area contributed by atoms with Crippen molar-refractivity contribution in [1.29, 1.82) is 0 Å². The molecule has 1 aliphatic rings. The van der Waals surface area contributed by atoms with Crippen molar-refractivity contribution < 1.29 is 17.9 Å². The molecular formula is C18H20ClNO4S. The van der Waals surface area contributed by atoms with E-state index in [0.29, 0.717) is 23.1 Å². The number of halogens is 1. The van der Waals surface area contributed by atoms with Gasteiger partial charge in [0.25, 0.3) is 0 Å². The van der Waals surface area contributed by atoms with Crippen LogP contribution in [-0.2, 0) is 10.0 Å². The average molecular weight is 382 g/mol. The molecule has 25 heavy (non-hydrogen) atoms. The molecule has 0 N–H and O–H groups in total. The normalized spacial score (nSPS) is 18.3. The van der Waals surface area contributed by atoms with Crippen LogP contribution in [-0.4, -0.2) is 33.5 Å². The highest BCUT2D eigenvalue weighted by molar-refractivity contribution is 7.89. The predicted octanol–water partition coefficient (Wildman–Crippen LogP) is 3.88. The van der Waals surface area contributed by atoms with Crippen molar-refractivity contribution in [1.82, 2.24) is 4.31 Å². The number of hydrogen-bond donors (Lipinski definition) is 0. The van der Waals surface area contributed by atoms with Gasteiger partial charge in [-0.3, -0.25) is 0 Å². The zero-order valence-electron chi connectivity index (χ0n) is 14.1. The number of benzene rings is 2. The first-order valence-electron chi connectivity index (χ1n) is 7.96. The molecule has 2 aromatic carbocycles. The summed E-state index contributed by atoms with van der Waals surface area (Å²) in [4.78, 5) is 0.254. The van der Waals surface area contributed by atoms with Gasteiger partial charge in [-0.15, -0.1) is 0 Å². The number of sulfonamides is 1. The molecule has 134 valence electrons. The maximum Gasteiger partial charge on any atom is 0.243 e. The lowest BCUT2D eigenvalue weighted by Crippen LogP contribution is -2.30. The summed E-state index contributed by atoms with van der Waals surface area (Å²) in [6.45, 7) is 0.490. The van der Waals surface area contributed by atoms with Gasteiger partial charge in [0.2, 0.25) is 10.0 Å². The minimum absolute atomic E-state index is 0.222. The van der Waals surface area contributed by atoms with Crippen LogP contribution in [0.3, 0.4) is 0 Å². The summed E-state index contributed by atoms with van der Waals surface area (Å²) in [5.41, 5.74) is 0.896. The van der Waals surface area contributed by atoms with Crippen LogP contribution in [0.5, 0.6) is 11.5 Å². The highest BCUT2D eigenvalue weighted by Crippen LogP contribution is 2.39. The first kappa shape index (κ1) is 18.0. The van der Waals surface area contributed by atoms with E-state index in [9.17, 15) is 8.42 Å². The molecule has 0 bridgehead atoms. The number of ether oxygens (including phenoxy) is 2. The van der Waals surface area contributed by atoms with Gasteiger partial charge >= 0.3 is 0 Å². The Morgan fingerprint density at radius 2 is 1.72 bits per heavy atom. The average Bonchev–Trinajstić information content (AvgIpc) is 3.12. The van der Waals surface area contributed by atoms with Crippen molar-refractivity contribution in [2.24, 2.45) is 0 Å². The van der Waals surface area contributed by atoms with E-state index in [-0.39, 0.29) is 10.9 Å². The minimum Gasteiger partial charge on any atom is -0.493 e. The third-order valence-electron chi connectivity index (χ3n) is 4.42. The van der Waals surface area contributed by atoms with E-state index in [4.69, 9.17) is 21.1 Å². The van der Waals surface area contributed by atoms with Gasteiger partial charge in [-0.1, -0.05) is 17.7 Å². The zero-order valence-corrected chi connectivity index (χ0v) is 15.7. The van der Waals surface area contributed by atoms with Gasteiger partial charge in [0.1, 0.15) is 0 Å². The Kier molecular flexibility index (Phi) is 5.22. The van der Waals surface area contributed by atoms with Crippen LogP contribution < -0.4 is 9.47 Å². The second-order valence-electron chi connectivity index (χ2n) is 5.84. The van der Waals surface area contributed by atoms with Gasteiger partial charge in [0.05, 0.1) is 25.2 Å². The number of rotatable bonds is 5. The standard InChI is InChI=1S/C18H20ClNO4S/c1-23-17-10-5-13(12-18(17)24-2)16-4-3-11-20(16)25(21,22)15-8-6-14(19)7-9-15/h5-10,12,16H,3-4,11H2,1-2H3/t16-/m0/s1. The lowest BCUT2D eigenvalue weighted by Gasteiger charge is -2.25. The third-order valence-corrected chi connectivity index (χ3v) is 6.59. The highest BCUT2D eigenvalue weighted by atomic mass is 35.5. The molecule has 3 rings (SSSR count). The molecule has 0 amide bonds. The first-order valence-corrected chi connectivity index (χ1v) is 9.78. The van der Waals surface area contributed by atoms with Gasteiger partial charge < -0.3 is 9.47 Å². The maximum atomic E-state index is 13.0. The molecule has 0 saturated carbocycles. The molecular weight excluding hydrogens is 362 g/mol. The van der Waals surface area contributed by atoms with Crippen molar-refractivity contribution in [2.75, 3.05) is 20.8 Å². The molecule has 0 aliphatic carbocycles. The van der Waals surface area contributed by atoms with Gasteiger partial charge in [-0.05, 0) is 54.8 Å². The number of hydrogen-bond acceptors (Lipinski definition) is 4. The van der Waals surface area contributed by atoms with E-state index in [1.165, 1.54) is 0 Å². The maximum absolute atomic E-state index is 13.0. The Bertz CT molecular complexity index is 852. The fourth-order valence-corrected chi connectivity index (χ4v) is 4.97. The van der Waals surface area contributed by atoms with Crippen LogP contribution in [0, 0.1) is 0 Å². The molecule has 0 spiro atoms. The van der Waals surface area contributed by atoms with Crippen molar-refractivity contribution in [3.63, 3.8) is 0 Å². The molecule has 5 nitrogen and oxygen atoms in total. The third kappa shape index (κ3) is 3.47. The van der Waals surface area contributed by atoms with Gasteiger partial charge in [0, 0.05) is 11.6 Å². The second-order valence-corrected chi connectivity index (χ2v) is 8.17. The molecule has 1 fully saturated rings. The summed E-state index contributed by atoms with van der Waals surface area (Å²) in [5.74, 6) is 1.21. The summed E-state index contributed by atoms with van der Waals surface area (Å²) in [6, 6.07) is 11.6. The van der Waals surface area contributed by atoms with E-state index in [1.54, 1.807) is 48.9 Å². The van der Waals surface area contributed by atoms with Crippen molar-refractivity contribution in [3.05, 3.63) is 53.1 Å². The van der Waals surface area contributed by atoms with Crippen LogP contribution in [0.25, 0.3) is 0 Å². The summed E-state index contributed by atoms with van der Waals surface area (Å²) < 4.78 is 38.2. The Morgan fingerprint density at radius 1 is 1.04 bits per heavy atom. The predicted molar refractivity (Wildman–Crippen MR) is 96.9 cm³/mol. The van der Waals surface area contributed by atoms with Crippen LogP contribution in [0.15, 0.2) is 47.4 Å². The van der Waals surface area contributed by atoms with Gasteiger partial charge in [0.15, 0.2) is 11.5 Å². The quantitative estimate of drug-likeness (QED) is 0.788. The fraction of sp³-hybridized carbons (Fsp3) is 0.333. The van der Waals surface area contributed by atoms with E-state index >= 15 is 0 Å². The molecule has 0 radical (unpaired) electrons. The molecule has 7 heteroatoms. The van der Waals surface area contributed by atoms with Crippen LogP contribution in [0.4, 0.5) is 0 Å². The summed E-state index contributed by atoms with van der Waals surface area (Å²) in [6.07, 6.45) is 1.58.